The Morgan fingerprint density at radius 1 is 0.679 bits per heavy atom. The van der Waals surface area contributed by atoms with E-state index in [9.17, 15) is 0 Å². The topological polar surface area (TPSA) is 79.7 Å². The molecule has 5 rings (SSSR count). The molecule has 0 radical (unpaired) electrons. The van der Waals surface area contributed by atoms with Gasteiger partial charge < -0.3 is 24.2 Å². The van der Waals surface area contributed by atoms with Crippen LogP contribution >= 0.6 is 11.3 Å². The van der Waals surface area contributed by atoms with Gasteiger partial charge >= 0.3 is 0 Å². The highest BCUT2D eigenvalue weighted by molar-refractivity contribution is 7.14. The molecule has 3 fully saturated rings. The van der Waals surface area contributed by atoms with E-state index in [1.165, 1.54) is 12.8 Å². The predicted octanol–water partition coefficient (Wildman–Crippen LogP) is 1.27. The summed E-state index contributed by atoms with van der Waals surface area (Å²) in [5.41, 5.74) is 0.832. The van der Waals surface area contributed by atoms with Crippen molar-refractivity contribution in [2.75, 3.05) is 80.4 Å². The lowest BCUT2D eigenvalue weighted by Gasteiger charge is -2.30. The number of ether oxygens (including phenoxy) is 2. The molecule has 0 atom stereocenters. The fraction of sp³-hybridized carbons (Fsp3) is 0.667. The van der Waals surface area contributed by atoms with E-state index in [-0.39, 0.29) is 0 Å². The SMILES string of the molecule is c1sc(N2CCCC2)nc1-c1nc(N2CCOCC2)nc(N2CCOCC2)n1. The second-order valence-corrected chi connectivity index (χ2v) is 8.00. The van der Waals surface area contributed by atoms with Crippen molar-refractivity contribution in [3.63, 3.8) is 0 Å². The molecule has 3 saturated heterocycles. The summed E-state index contributed by atoms with van der Waals surface area (Å²) in [6.45, 7) is 8.14. The maximum atomic E-state index is 5.49. The minimum absolute atomic E-state index is 0.652. The van der Waals surface area contributed by atoms with Gasteiger partial charge in [-0.2, -0.15) is 15.0 Å². The normalized spacial score (nSPS) is 20.8. The third-order valence-electron chi connectivity index (χ3n) is 5.30. The monoisotopic (exact) mass is 403 g/mol. The van der Waals surface area contributed by atoms with Crippen molar-refractivity contribution in [2.45, 2.75) is 12.8 Å². The number of hydrogen-bond acceptors (Lipinski definition) is 10. The fourth-order valence-corrected chi connectivity index (χ4v) is 4.56. The highest BCUT2D eigenvalue weighted by atomic mass is 32.1. The highest BCUT2D eigenvalue weighted by Crippen LogP contribution is 2.29. The van der Waals surface area contributed by atoms with Crippen molar-refractivity contribution in [1.82, 2.24) is 19.9 Å². The molecule has 2 aromatic rings. The number of morpholine rings is 2. The third kappa shape index (κ3) is 3.76. The van der Waals surface area contributed by atoms with Crippen molar-refractivity contribution in [1.29, 1.82) is 0 Å². The Hall–Kier alpha value is -2.04. The van der Waals surface area contributed by atoms with Gasteiger partial charge in [0.25, 0.3) is 0 Å². The fourth-order valence-electron chi connectivity index (χ4n) is 3.70. The van der Waals surface area contributed by atoms with Crippen LogP contribution < -0.4 is 14.7 Å². The van der Waals surface area contributed by atoms with E-state index in [1.807, 2.05) is 0 Å². The number of anilines is 3. The standard InChI is InChI=1S/C18H25N7O2S/c1-2-4-25(3-1)18-19-14(13-28-18)15-20-16(23-5-9-26-10-6-23)22-17(21-15)24-7-11-27-12-8-24/h13H,1-12H2. The van der Waals surface area contributed by atoms with Crippen LogP contribution in [0.15, 0.2) is 5.38 Å². The van der Waals surface area contributed by atoms with E-state index in [2.05, 4.69) is 20.1 Å². The van der Waals surface area contributed by atoms with Gasteiger partial charge in [0.15, 0.2) is 11.0 Å². The summed E-state index contributed by atoms with van der Waals surface area (Å²) in [6, 6.07) is 0. The largest absolute Gasteiger partial charge is 0.378 e. The molecule has 0 bridgehead atoms. The van der Waals surface area contributed by atoms with Gasteiger partial charge in [-0.05, 0) is 12.8 Å². The summed E-state index contributed by atoms with van der Waals surface area (Å²) in [5, 5.41) is 3.13. The van der Waals surface area contributed by atoms with Crippen LogP contribution in [0.2, 0.25) is 0 Å². The summed E-state index contributed by atoms with van der Waals surface area (Å²) < 4.78 is 11.0. The van der Waals surface area contributed by atoms with Crippen LogP contribution in [0.5, 0.6) is 0 Å². The zero-order valence-electron chi connectivity index (χ0n) is 15.9. The molecule has 28 heavy (non-hydrogen) atoms. The zero-order chi connectivity index (χ0) is 18.8. The molecule has 3 aliphatic heterocycles. The molecule has 3 aliphatic rings. The summed E-state index contributed by atoms with van der Waals surface area (Å²) in [6.07, 6.45) is 2.48. The Labute approximate surface area is 168 Å². The number of aromatic nitrogens is 4. The lowest BCUT2D eigenvalue weighted by Crippen LogP contribution is -2.40. The lowest BCUT2D eigenvalue weighted by molar-refractivity contribution is 0.121. The molecule has 0 amide bonds. The second-order valence-electron chi connectivity index (χ2n) is 7.17. The van der Waals surface area contributed by atoms with Gasteiger partial charge in [0.1, 0.15) is 5.69 Å². The molecule has 0 spiro atoms. The first kappa shape index (κ1) is 18.0. The van der Waals surface area contributed by atoms with Crippen LogP contribution in [0.3, 0.4) is 0 Å². The van der Waals surface area contributed by atoms with Crippen molar-refractivity contribution in [3.05, 3.63) is 5.38 Å². The Balaban J connectivity index is 1.48. The quantitative estimate of drug-likeness (QED) is 0.750. The van der Waals surface area contributed by atoms with E-state index in [0.29, 0.717) is 44.1 Å². The molecule has 0 aliphatic carbocycles. The molecule has 0 aromatic carbocycles. The molecule has 9 nitrogen and oxygen atoms in total. The van der Waals surface area contributed by atoms with Crippen molar-refractivity contribution in [3.8, 4) is 11.5 Å². The molecule has 150 valence electrons. The van der Waals surface area contributed by atoms with Gasteiger partial charge in [-0.1, -0.05) is 0 Å². The highest BCUT2D eigenvalue weighted by Gasteiger charge is 2.23. The molecule has 10 heteroatoms. The number of nitrogens with zero attached hydrogens (tertiary/aromatic N) is 7. The summed E-state index contributed by atoms with van der Waals surface area (Å²) in [7, 11) is 0. The van der Waals surface area contributed by atoms with Crippen molar-refractivity contribution >= 4 is 28.4 Å². The molecule has 0 unspecified atom stereocenters. The third-order valence-corrected chi connectivity index (χ3v) is 6.20. The second kappa shape index (κ2) is 8.14. The predicted molar refractivity (Wildman–Crippen MR) is 108 cm³/mol. The smallest absolute Gasteiger partial charge is 0.230 e. The van der Waals surface area contributed by atoms with Crippen LogP contribution in [0.4, 0.5) is 17.0 Å². The Morgan fingerprint density at radius 3 is 1.82 bits per heavy atom. The lowest BCUT2D eigenvalue weighted by atomic mass is 10.4. The number of hydrogen-bond donors (Lipinski definition) is 0. The van der Waals surface area contributed by atoms with Crippen LogP contribution in [0.25, 0.3) is 11.5 Å². The van der Waals surface area contributed by atoms with Crippen LogP contribution in [0, 0.1) is 0 Å². The minimum atomic E-state index is 0.652. The zero-order valence-corrected chi connectivity index (χ0v) is 16.7. The van der Waals surface area contributed by atoms with Crippen molar-refractivity contribution < 1.29 is 9.47 Å². The minimum Gasteiger partial charge on any atom is -0.378 e. The van der Waals surface area contributed by atoms with Crippen LogP contribution in [-0.4, -0.2) is 85.6 Å². The Bertz CT molecular complexity index is 763. The Morgan fingerprint density at radius 2 is 1.25 bits per heavy atom. The summed E-state index contributed by atoms with van der Waals surface area (Å²) in [4.78, 5) is 25.9. The van der Waals surface area contributed by atoms with Crippen molar-refractivity contribution in [2.24, 2.45) is 0 Å². The number of thiazole rings is 1. The van der Waals surface area contributed by atoms with Gasteiger partial charge in [-0.25, -0.2) is 4.98 Å². The first-order valence-electron chi connectivity index (χ1n) is 9.99. The van der Waals surface area contributed by atoms with E-state index in [1.54, 1.807) is 11.3 Å². The first-order chi connectivity index (χ1) is 13.9. The summed E-state index contributed by atoms with van der Waals surface area (Å²) in [5.74, 6) is 2.08. The van der Waals surface area contributed by atoms with Gasteiger partial charge in [0.2, 0.25) is 11.9 Å². The van der Waals surface area contributed by atoms with Crippen LogP contribution in [0.1, 0.15) is 12.8 Å². The molecular formula is C18H25N7O2S. The Kier molecular flexibility index (Phi) is 5.24. The number of rotatable bonds is 4. The van der Waals surface area contributed by atoms with E-state index < -0.39 is 0 Å². The van der Waals surface area contributed by atoms with E-state index >= 15 is 0 Å². The van der Waals surface area contributed by atoms with Crippen LogP contribution in [-0.2, 0) is 9.47 Å². The van der Waals surface area contributed by atoms with E-state index in [0.717, 1.165) is 50.1 Å². The van der Waals surface area contributed by atoms with E-state index in [4.69, 9.17) is 29.4 Å². The molecule has 2 aromatic heterocycles. The maximum absolute atomic E-state index is 5.49. The first-order valence-corrected chi connectivity index (χ1v) is 10.9. The molecule has 0 N–H and O–H groups in total. The summed E-state index contributed by atoms with van der Waals surface area (Å²) >= 11 is 1.67. The van der Waals surface area contributed by atoms with Gasteiger partial charge in [-0.3, -0.25) is 0 Å². The average Bonchev–Trinajstić information content (AvgIpc) is 3.47. The van der Waals surface area contributed by atoms with Gasteiger partial charge in [0.05, 0.1) is 26.4 Å². The molecule has 5 heterocycles. The van der Waals surface area contributed by atoms with Gasteiger partial charge in [0, 0.05) is 44.6 Å². The average molecular weight is 404 g/mol. The maximum Gasteiger partial charge on any atom is 0.230 e. The molecule has 0 saturated carbocycles. The van der Waals surface area contributed by atoms with Gasteiger partial charge in [-0.15, -0.1) is 11.3 Å². The molecular weight excluding hydrogens is 378 g/mol.